The van der Waals surface area contributed by atoms with Crippen molar-refractivity contribution in [1.29, 1.82) is 0 Å². The number of allylic oxidation sites excluding steroid dienone is 2. The summed E-state index contributed by atoms with van der Waals surface area (Å²) in [5.41, 5.74) is 0.474. The molecule has 6 heteroatoms. The smallest absolute Gasteiger partial charge is 0.267 e. The molecule has 0 unspecified atom stereocenters. The van der Waals surface area contributed by atoms with Crippen LogP contribution in [0, 0.1) is 0 Å². The van der Waals surface area contributed by atoms with E-state index >= 15 is 0 Å². The minimum absolute atomic E-state index is 0.0503. The molecular formula is C14H11FN2O3. The summed E-state index contributed by atoms with van der Waals surface area (Å²) >= 11 is 0. The van der Waals surface area contributed by atoms with E-state index in [1.807, 2.05) is 0 Å². The summed E-state index contributed by atoms with van der Waals surface area (Å²) in [5, 5.41) is 11.9. The summed E-state index contributed by atoms with van der Waals surface area (Å²) in [7, 11) is 0. The molecule has 0 aromatic heterocycles. The summed E-state index contributed by atoms with van der Waals surface area (Å²) in [4.78, 5) is 24.9. The predicted molar refractivity (Wildman–Crippen MR) is 70.2 cm³/mol. The lowest BCUT2D eigenvalue weighted by molar-refractivity contribution is 0.0744. The number of fused-ring (bicyclic) bond motifs is 1. The van der Waals surface area contributed by atoms with Crippen molar-refractivity contribution in [2.24, 2.45) is 5.16 Å². The second-order valence-electron chi connectivity index (χ2n) is 4.18. The minimum Gasteiger partial charge on any atom is -0.409 e. The van der Waals surface area contributed by atoms with E-state index in [-0.39, 0.29) is 22.5 Å². The van der Waals surface area contributed by atoms with Crippen LogP contribution in [0.15, 0.2) is 53.5 Å². The largest absolute Gasteiger partial charge is 0.409 e. The van der Waals surface area contributed by atoms with Crippen LogP contribution < -0.4 is 0 Å². The molecule has 0 spiro atoms. The van der Waals surface area contributed by atoms with E-state index in [4.69, 9.17) is 5.21 Å². The Bertz CT molecular complexity index is 642. The average molecular weight is 274 g/mol. The molecule has 5 nitrogen and oxygen atoms in total. The number of rotatable bonds is 2. The number of amides is 2. The Morgan fingerprint density at radius 3 is 2.20 bits per heavy atom. The van der Waals surface area contributed by atoms with Gasteiger partial charge in [0.2, 0.25) is 0 Å². The fourth-order valence-corrected chi connectivity index (χ4v) is 1.81. The summed E-state index contributed by atoms with van der Waals surface area (Å²) in [5.74, 6) is -2.34. The highest BCUT2D eigenvalue weighted by Crippen LogP contribution is 2.23. The second-order valence-corrected chi connectivity index (χ2v) is 4.18. The highest BCUT2D eigenvalue weighted by molar-refractivity contribution is 6.31. The Balaban J connectivity index is 2.45. The SMILES string of the molecule is C=C(F)/C(C)=C\C(=N\O)N1C(=O)c2ccccc2C1=O. The first-order valence-corrected chi connectivity index (χ1v) is 5.70. The van der Waals surface area contributed by atoms with E-state index in [0.29, 0.717) is 4.90 Å². The lowest BCUT2D eigenvalue weighted by Gasteiger charge is -2.12. The lowest BCUT2D eigenvalue weighted by atomic mass is 10.1. The minimum atomic E-state index is -0.747. The van der Waals surface area contributed by atoms with E-state index in [9.17, 15) is 14.0 Å². The lowest BCUT2D eigenvalue weighted by Crippen LogP contribution is -2.35. The summed E-state index contributed by atoms with van der Waals surface area (Å²) < 4.78 is 12.9. The molecule has 0 bridgehead atoms. The zero-order chi connectivity index (χ0) is 14.9. The Hall–Kier alpha value is -2.76. The topological polar surface area (TPSA) is 70.0 Å². The summed E-state index contributed by atoms with van der Waals surface area (Å²) in [6.45, 7) is 4.47. The third kappa shape index (κ3) is 2.11. The molecule has 1 aliphatic heterocycles. The first kappa shape index (κ1) is 13.7. The zero-order valence-corrected chi connectivity index (χ0v) is 10.6. The number of benzene rings is 1. The number of hydrogen-bond acceptors (Lipinski definition) is 4. The van der Waals surface area contributed by atoms with Crippen molar-refractivity contribution in [2.45, 2.75) is 6.92 Å². The molecule has 1 aliphatic rings. The van der Waals surface area contributed by atoms with Crippen molar-refractivity contribution >= 4 is 17.6 Å². The van der Waals surface area contributed by atoms with Crippen molar-refractivity contribution < 1.29 is 19.2 Å². The van der Waals surface area contributed by atoms with Gasteiger partial charge in [-0.1, -0.05) is 23.9 Å². The van der Waals surface area contributed by atoms with Crippen LogP contribution in [0.5, 0.6) is 0 Å². The van der Waals surface area contributed by atoms with Crippen molar-refractivity contribution in [2.75, 3.05) is 0 Å². The van der Waals surface area contributed by atoms with Crippen LogP contribution in [-0.2, 0) is 0 Å². The van der Waals surface area contributed by atoms with Gasteiger partial charge in [0.05, 0.1) is 11.1 Å². The highest BCUT2D eigenvalue weighted by Gasteiger charge is 2.38. The van der Waals surface area contributed by atoms with Gasteiger partial charge >= 0.3 is 0 Å². The van der Waals surface area contributed by atoms with Crippen molar-refractivity contribution in [1.82, 2.24) is 4.90 Å². The fraction of sp³-hybridized carbons (Fsp3) is 0.0714. The van der Waals surface area contributed by atoms with Crippen LogP contribution in [0.2, 0.25) is 0 Å². The van der Waals surface area contributed by atoms with Crippen LogP contribution >= 0.6 is 0 Å². The summed E-state index contributed by atoms with van der Waals surface area (Å²) in [6, 6.07) is 6.23. The molecule has 0 aliphatic carbocycles. The van der Waals surface area contributed by atoms with Crippen LogP contribution in [0.1, 0.15) is 27.6 Å². The average Bonchev–Trinajstić information content (AvgIpc) is 2.69. The van der Waals surface area contributed by atoms with E-state index in [2.05, 4.69) is 11.7 Å². The van der Waals surface area contributed by atoms with Gasteiger partial charge in [0.15, 0.2) is 5.84 Å². The number of carbonyl (C=O) groups excluding carboxylic acids is 2. The second kappa shape index (κ2) is 5.08. The molecule has 20 heavy (non-hydrogen) atoms. The number of halogens is 1. The Morgan fingerprint density at radius 2 is 1.80 bits per heavy atom. The number of carbonyl (C=O) groups is 2. The van der Waals surface area contributed by atoms with Crippen molar-refractivity contribution in [3.8, 4) is 0 Å². The third-order valence-corrected chi connectivity index (χ3v) is 2.90. The van der Waals surface area contributed by atoms with Gasteiger partial charge < -0.3 is 5.21 Å². The molecule has 1 aromatic carbocycles. The third-order valence-electron chi connectivity index (χ3n) is 2.90. The molecule has 102 valence electrons. The molecule has 0 fully saturated rings. The van der Waals surface area contributed by atoms with E-state index in [1.165, 1.54) is 19.1 Å². The van der Waals surface area contributed by atoms with Gasteiger partial charge in [-0.25, -0.2) is 9.29 Å². The first-order valence-electron chi connectivity index (χ1n) is 5.70. The van der Waals surface area contributed by atoms with Crippen LogP contribution in [-0.4, -0.2) is 27.8 Å². The van der Waals surface area contributed by atoms with E-state index < -0.39 is 17.6 Å². The Kier molecular flexibility index (Phi) is 3.47. The maximum Gasteiger partial charge on any atom is 0.267 e. The van der Waals surface area contributed by atoms with E-state index in [1.54, 1.807) is 12.1 Å². The van der Waals surface area contributed by atoms with Gasteiger partial charge in [0, 0.05) is 0 Å². The molecule has 0 saturated heterocycles. The number of nitrogens with zero attached hydrogens (tertiary/aromatic N) is 2. The van der Waals surface area contributed by atoms with Gasteiger partial charge in [-0.2, -0.15) is 0 Å². The molecule has 0 saturated carbocycles. The van der Waals surface area contributed by atoms with Gasteiger partial charge in [-0.05, 0) is 30.7 Å². The predicted octanol–water partition coefficient (Wildman–Crippen LogP) is 2.50. The molecule has 2 amide bonds. The quantitative estimate of drug-likeness (QED) is 0.225. The van der Waals surface area contributed by atoms with Crippen LogP contribution in [0.25, 0.3) is 0 Å². The number of oxime groups is 1. The fourth-order valence-electron chi connectivity index (χ4n) is 1.81. The molecular weight excluding hydrogens is 263 g/mol. The number of amidine groups is 1. The summed E-state index contributed by atoms with van der Waals surface area (Å²) in [6.07, 6.45) is 1.07. The van der Waals surface area contributed by atoms with Gasteiger partial charge in [0.1, 0.15) is 5.83 Å². The molecule has 1 N–H and O–H groups in total. The monoisotopic (exact) mass is 274 g/mol. The molecule has 0 atom stereocenters. The zero-order valence-electron chi connectivity index (χ0n) is 10.6. The van der Waals surface area contributed by atoms with Gasteiger partial charge in [-0.15, -0.1) is 0 Å². The first-order chi connectivity index (χ1) is 9.47. The van der Waals surface area contributed by atoms with E-state index in [0.717, 1.165) is 6.08 Å². The molecule has 1 aromatic rings. The standard InChI is InChI=1S/C14H11FN2O3/c1-8(9(2)15)7-12(16-20)17-13(18)10-5-3-4-6-11(10)14(17)19/h3-7,20H,2H2,1H3/b8-7-,16-12-. The maximum absolute atomic E-state index is 12.9. The van der Waals surface area contributed by atoms with Gasteiger partial charge in [0.25, 0.3) is 11.8 Å². The number of hydrogen-bond donors (Lipinski definition) is 1. The highest BCUT2D eigenvalue weighted by atomic mass is 19.1. The van der Waals surface area contributed by atoms with Crippen molar-refractivity contribution in [3.63, 3.8) is 0 Å². The normalized spacial score (nSPS) is 15.6. The molecule has 0 radical (unpaired) electrons. The molecule has 2 rings (SSSR count). The van der Waals surface area contributed by atoms with Crippen LogP contribution in [0.4, 0.5) is 4.39 Å². The number of imide groups is 1. The Morgan fingerprint density at radius 1 is 1.30 bits per heavy atom. The van der Waals surface area contributed by atoms with Gasteiger partial charge in [-0.3, -0.25) is 9.59 Å². The van der Waals surface area contributed by atoms with Crippen molar-refractivity contribution in [3.05, 3.63) is 59.4 Å². The Labute approximate surface area is 114 Å². The maximum atomic E-state index is 12.9. The van der Waals surface area contributed by atoms with Crippen LogP contribution in [0.3, 0.4) is 0 Å². The molecule has 1 heterocycles.